The number of carboxylic acid groups (broad SMARTS) is 1. The summed E-state index contributed by atoms with van der Waals surface area (Å²) in [6.07, 6.45) is 0.0930. The summed E-state index contributed by atoms with van der Waals surface area (Å²) in [5, 5.41) is 21.0. The Balaban J connectivity index is 1.81. The first-order chi connectivity index (χ1) is 21.2. The number of aliphatic carboxylic acids is 1. The van der Waals surface area contributed by atoms with E-state index in [1.165, 1.54) is 9.80 Å². The third kappa shape index (κ3) is 10.4. The first-order valence-corrected chi connectivity index (χ1v) is 15.6. The standard InChI is InChI=1S/C34H49N3O8/c1-22(2)18-37(31(39)26-19-36(33(42)45-34(5,6)7)20-27(30(26)38)32(40)41)29-16-28(25(17-35-29)23(3)4)44-15-11-14-43-21-24-12-9-8-10-13-24/h8-10,12-13,16-17,22-23,26-27,30,38H,11,14-15,18-21H2,1-7H3,(H,40,41)/t26-,27+,30?/m0/s1. The van der Waals surface area contributed by atoms with Crippen molar-refractivity contribution in [3.05, 3.63) is 53.7 Å². The van der Waals surface area contributed by atoms with E-state index < -0.39 is 41.5 Å². The number of benzene rings is 1. The smallest absolute Gasteiger partial charge is 0.410 e. The minimum Gasteiger partial charge on any atom is -0.493 e. The number of carbonyl (C=O) groups is 3. The van der Waals surface area contributed by atoms with Crippen LogP contribution < -0.4 is 9.64 Å². The molecule has 0 saturated carbocycles. The van der Waals surface area contributed by atoms with Gasteiger partial charge in [0.25, 0.3) is 0 Å². The van der Waals surface area contributed by atoms with E-state index in [0.29, 0.717) is 37.8 Å². The third-order valence-electron chi connectivity index (χ3n) is 7.34. The Morgan fingerprint density at radius 3 is 2.31 bits per heavy atom. The molecule has 11 nitrogen and oxygen atoms in total. The van der Waals surface area contributed by atoms with Crippen molar-refractivity contribution < 1.29 is 38.8 Å². The molecule has 1 aliphatic heterocycles. The van der Waals surface area contributed by atoms with Crippen molar-refractivity contribution in [1.82, 2.24) is 9.88 Å². The number of hydrogen-bond acceptors (Lipinski definition) is 8. The van der Waals surface area contributed by atoms with Gasteiger partial charge in [0.15, 0.2) is 0 Å². The van der Waals surface area contributed by atoms with Crippen molar-refractivity contribution in [2.45, 2.75) is 79.1 Å². The molecule has 0 spiro atoms. The molecule has 2 amide bonds. The van der Waals surface area contributed by atoms with Gasteiger partial charge in [-0.1, -0.05) is 58.0 Å². The lowest BCUT2D eigenvalue weighted by Crippen LogP contribution is -2.59. The predicted molar refractivity (Wildman–Crippen MR) is 170 cm³/mol. The summed E-state index contributed by atoms with van der Waals surface area (Å²) in [4.78, 5) is 46.4. The van der Waals surface area contributed by atoms with E-state index in [4.69, 9.17) is 14.2 Å². The van der Waals surface area contributed by atoms with Crippen molar-refractivity contribution >= 4 is 23.8 Å². The minimum atomic E-state index is -1.51. The molecular formula is C34H49N3O8. The number of rotatable bonds is 13. The summed E-state index contributed by atoms with van der Waals surface area (Å²) in [7, 11) is 0. The molecule has 3 rings (SSSR count). The van der Waals surface area contributed by atoms with Crippen LogP contribution in [-0.2, 0) is 25.7 Å². The maximum absolute atomic E-state index is 14.1. The van der Waals surface area contributed by atoms with Gasteiger partial charge in [-0.15, -0.1) is 0 Å². The summed E-state index contributed by atoms with van der Waals surface area (Å²) in [5.74, 6) is -3.37. The number of aromatic nitrogens is 1. The molecule has 0 radical (unpaired) electrons. The van der Waals surface area contributed by atoms with Gasteiger partial charge in [-0.2, -0.15) is 0 Å². The van der Waals surface area contributed by atoms with Gasteiger partial charge in [-0.05, 0) is 38.2 Å². The number of pyridine rings is 1. The number of aliphatic hydroxyl groups is 1. The summed E-state index contributed by atoms with van der Waals surface area (Å²) in [5.41, 5.74) is 1.16. The van der Waals surface area contributed by atoms with E-state index in [1.54, 1.807) is 33.0 Å². The fourth-order valence-electron chi connectivity index (χ4n) is 5.08. The Bertz CT molecular complexity index is 1280. The molecule has 1 unspecified atom stereocenters. The van der Waals surface area contributed by atoms with Gasteiger partial charge in [-0.3, -0.25) is 14.5 Å². The molecule has 2 heterocycles. The molecule has 1 saturated heterocycles. The SMILES string of the molecule is CC(C)CN(C(=O)[C@H]1CN(C(=O)OC(C)(C)C)C[C@@H](C(=O)O)C1O)c1cc(OCCCOCc2ccccc2)c(C(C)C)cn1. The predicted octanol–water partition coefficient (Wildman–Crippen LogP) is 5.11. The average Bonchev–Trinajstić information content (AvgIpc) is 2.96. The van der Waals surface area contributed by atoms with Gasteiger partial charge in [0.05, 0.1) is 31.8 Å². The number of aliphatic hydroxyl groups excluding tert-OH is 1. The Morgan fingerprint density at radius 1 is 1.04 bits per heavy atom. The van der Waals surface area contributed by atoms with E-state index in [0.717, 1.165) is 11.1 Å². The highest BCUT2D eigenvalue weighted by molar-refractivity contribution is 5.96. The van der Waals surface area contributed by atoms with Crippen LogP contribution >= 0.6 is 0 Å². The number of anilines is 1. The molecule has 2 aromatic rings. The largest absolute Gasteiger partial charge is 0.493 e. The van der Waals surface area contributed by atoms with Crippen LogP contribution in [0.3, 0.4) is 0 Å². The van der Waals surface area contributed by atoms with E-state index in [-0.39, 0.29) is 31.5 Å². The fourth-order valence-corrected chi connectivity index (χ4v) is 5.08. The molecule has 1 aromatic heterocycles. The number of piperidine rings is 1. The zero-order valence-electron chi connectivity index (χ0n) is 27.6. The Kier molecular flexibility index (Phi) is 12.7. The summed E-state index contributed by atoms with van der Waals surface area (Å²) in [6, 6.07) is 11.6. The lowest BCUT2D eigenvalue weighted by molar-refractivity contribution is -0.153. The number of ether oxygens (including phenoxy) is 3. The highest BCUT2D eigenvalue weighted by atomic mass is 16.6. The van der Waals surface area contributed by atoms with Crippen molar-refractivity contribution in [3.8, 4) is 5.75 Å². The molecule has 1 aliphatic rings. The zero-order chi connectivity index (χ0) is 33.3. The van der Waals surface area contributed by atoms with Crippen LogP contribution in [0.15, 0.2) is 42.6 Å². The van der Waals surface area contributed by atoms with Gasteiger partial charge in [0.2, 0.25) is 5.91 Å². The number of likely N-dealkylation sites (tertiary alicyclic amines) is 1. The summed E-state index contributed by atoms with van der Waals surface area (Å²) >= 11 is 0. The quantitative estimate of drug-likeness (QED) is 0.290. The first-order valence-electron chi connectivity index (χ1n) is 15.6. The second kappa shape index (κ2) is 16.0. The van der Waals surface area contributed by atoms with Gasteiger partial charge < -0.3 is 29.3 Å². The van der Waals surface area contributed by atoms with Crippen LogP contribution in [0.25, 0.3) is 0 Å². The monoisotopic (exact) mass is 627 g/mol. The van der Waals surface area contributed by atoms with E-state index in [2.05, 4.69) is 4.98 Å². The lowest BCUT2D eigenvalue weighted by atomic mass is 9.85. The van der Waals surface area contributed by atoms with Crippen LogP contribution in [0.2, 0.25) is 0 Å². The number of nitrogens with zero attached hydrogens (tertiary/aromatic N) is 3. The van der Waals surface area contributed by atoms with Crippen LogP contribution in [0.4, 0.5) is 10.6 Å². The molecule has 1 fully saturated rings. The van der Waals surface area contributed by atoms with E-state index in [1.807, 2.05) is 58.0 Å². The summed E-state index contributed by atoms with van der Waals surface area (Å²) < 4.78 is 17.4. The Morgan fingerprint density at radius 2 is 1.71 bits per heavy atom. The molecule has 3 atom stereocenters. The molecule has 0 bridgehead atoms. The number of carboxylic acids is 1. The van der Waals surface area contributed by atoms with Crippen LogP contribution in [0.5, 0.6) is 5.75 Å². The molecule has 248 valence electrons. The van der Waals surface area contributed by atoms with Gasteiger partial charge in [0, 0.05) is 43.9 Å². The van der Waals surface area contributed by atoms with Crippen LogP contribution in [0.1, 0.15) is 71.9 Å². The van der Waals surface area contributed by atoms with Crippen molar-refractivity contribution in [2.75, 3.05) is 37.7 Å². The fraction of sp³-hybridized carbons (Fsp3) is 0.588. The average molecular weight is 628 g/mol. The topological polar surface area (TPSA) is 139 Å². The first kappa shape index (κ1) is 35.8. The van der Waals surface area contributed by atoms with E-state index in [9.17, 15) is 24.6 Å². The molecule has 0 aliphatic carbocycles. The maximum atomic E-state index is 14.1. The zero-order valence-corrected chi connectivity index (χ0v) is 27.6. The Hall–Kier alpha value is -3.70. The third-order valence-corrected chi connectivity index (χ3v) is 7.34. The normalized spacial score (nSPS) is 18.6. The number of amides is 2. The van der Waals surface area contributed by atoms with Gasteiger partial charge in [-0.25, -0.2) is 9.78 Å². The number of hydrogen-bond donors (Lipinski definition) is 2. The molecule has 11 heteroatoms. The van der Waals surface area contributed by atoms with Crippen LogP contribution in [0, 0.1) is 17.8 Å². The van der Waals surface area contributed by atoms with Crippen molar-refractivity contribution in [2.24, 2.45) is 17.8 Å². The summed E-state index contributed by atoms with van der Waals surface area (Å²) in [6.45, 7) is 14.3. The van der Waals surface area contributed by atoms with Crippen molar-refractivity contribution in [3.63, 3.8) is 0 Å². The second-order valence-corrected chi connectivity index (χ2v) is 13.2. The number of carbonyl (C=O) groups excluding carboxylic acids is 2. The van der Waals surface area contributed by atoms with Gasteiger partial charge >= 0.3 is 12.1 Å². The van der Waals surface area contributed by atoms with E-state index >= 15 is 0 Å². The minimum absolute atomic E-state index is 0.0182. The maximum Gasteiger partial charge on any atom is 0.410 e. The molecular weight excluding hydrogens is 578 g/mol. The molecule has 45 heavy (non-hydrogen) atoms. The second-order valence-electron chi connectivity index (χ2n) is 13.2. The molecule has 2 N–H and O–H groups in total. The van der Waals surface area contributed by atoms with Gasteiger partial charge in [0.1, 0.15) is 23.1 Å². The highest BCUT2D eigenvalue weighted by Crippen LogP contribution is 2.32. The highest BCUT2D eigenvalue weighted by Gasteiger charge is 2.47. The Labute approximate surface area is 266 Å². The molecule has 1 aromatic carbocycles. The van der Waals surface area contributed by atoms with Crippen molar-refractivity contribution in [1.29, 1.82) is 0 Å². The van der Waals surface area contributed by atoms with Crippen LogP contribution in [-0.4, -0.2) is 82.6 Å². The lowest BCUT2D eigenvalue weighted by Gasteiger charge is -2.41.